The van der Waals surface area contributed by atoms with E-state index in [1.54, 1.807) is 13.3 Å². The van der Waals surface area contributed by atoms with Crippen molar-refractivity contribution in [3.05, 3.63) is 17.5 Å². The van der Waals surface area contributed by atoms with E-state index in [0.29, 0.717) is 35.2 Å². The number of aliphatic hydroxyl groups is 1. The van der Waals surface area contributed by atoms with Crippen LogP contribution >= 0.6 is 0 Å². The summed E-state index contributed by atoms with van der Waals surface area (Å²) in [6, 6.07) is 0.508. The summed E-state index contributed by atoms with van der Waals surface area (Å²) in [5.41, 5.74) is 0.947. The second-order valence-electron chi connectivity index (χ2n) is 8.62. The van der Waals surface area contributed by atoms with Crippen LogP contribution in [0.25, 0.3) is 0 Å². The van der Waals surface area contributed by atoms with Crippen LogP contribution < -0.4 is 10.1 Å². The Balaban J connectivity index is 1.38. The van der Waals surface area contributed by atoms with Gasteiger partial charge in [-0.15, -0.1) is 0 Å². The van der Waals surface area contributed by atoms with Crippen molar-refractivity contribution >= 4 is 5.91 Å². The van der Waals surface area contributed by atoms with Crippen LogP contribution in [0.5, 0.6) is 6.01 Å². The minimum atomic E-state index is -0.472. The molecule has 0 aromatic carbocycles. The predicted molar refractivity (Wildman–Crippen MR) is 90.3 cm³/mol. The highest BCUT2D eigenvalue weighted by Crippen LogP contribution is 2.55. The van der Waals surface area contributed by atoms with Gasteiger partial charge in [0.2, 0.25) is 0 Å². The van der Waals surface area contributed by atoms with Gasteiger partial charge in [-0.3, -0.25) is 4.79 Å². The summed E-state index contributed by atoms with van der Waals surface area (Å²) in [5.74, 6) is 1.75. The van der Waals surface area contributed by atoms with Crippen LogP contribution in [0.4, 0.5) is 0 Å². The van der Waals surface area contributed by atoms with Crippen molar-refractivity contribution in [2.45, 2.75) is 62.5 Å². The number of carbonyl (C=O) groups is 1. The smallest absolute Gasteiger partial charge is 0.316 e. The van der Waals surface area contributed by atoms with Gasteiger partial charge in [0.1, 0.15) is 0 Å². The lowest BCUT2D eigenvalue weighted by atomic mass is 9.52. The molecule has 0 radical (unpaired) electrons. The van der Waals surface area contributed by atoms with Gasteiger partial charge in [-0.25, -0.2) is 4.98 Å². The number of hydrogen-bond acceptors (Lipinski definition) is 5. The van der Waals surface area contributed by atoms with Crippen LogP contribution in [0.3, 0.4) is 0 Å². The number of ether oxygens (including phenoxy) is 1. The molecule has 2 atom stereocenters. The quantitative estimate of drug-likeness (QED) is 0.874. The van der Waals surface area contributed by atoms with Crippen LogP contribution in [0.2, 0.25) is 0 Å². The average molecular weight is 343 g/mol. The molecule has 5 aliphatic rings. The number of nitrogens with zero attached hydrogens (tertiary/aromatic N) is 2. The standard InChI is InChI=1S/C19H25N3O3/c1-25-18-20-9-14(16(22-18)11-2-3-11)17(23)21-15-12-4-10-5-13(15)8-19(24,6-10)7-12/h9-13,15,24H,2-8H2,1H3,(H,21,23)/t10?,12?,13?,15-,19+. The van der Waals surface area contributed by atoms with Crippen molar-refractivity contribution in [2.75, 3.05) is 7.11 Å². The Labute approximate surface area is 147 Å². The third-order valence-corrected chi connectivity index (χ3v) is 6.73. The van der Waals surface area contributed by atoms with Crippen molar-refractivity contribution in [3.8, 4) is 6.01 Å². The van der Waals surface area contributed by atoms with Crippen LogP contribution in [0.15, 0.2) is 6.20 Å². The average Bonchev–Trinajstić information content (AvgIpc) is 3.41. The Morgan fingerprint density at radius 1 is 1.28 bits per heavy atom. The van der Waals surface area contributed by atoms with E-state index in [-0.39, 0.29) is 11.9 Å². The van der Waals surface area contributed by atoms with Gasteiger partial charge in [0.05, 0.1) is 24.0 Å². The van der Waals surface area contributed by atoms with Crippen LogP contribution in [-0.4, -0.2) is 39.7 Å². The van der Waals surface area contributed by atoms with E-state index in [9.17, 15) is 9.90 Å². The topological polar surface area (TPSA) is 84.3 Å². The van der Waals surface area contributed by atoms with E-state index in [0.717, 1.165) is 50.6 Å². The molecule has 2 N–H and O–H groups in total. The number of nitrogens with one attached hydrogen (secondary N) is 1. The zero-order valence-corrected chi connectivity index (χ0v) is 14.6. The van der Waals surface area contributed by atoms with Gasteiger partial charge in [-0.2, -0.15) is 4.98 Å². The number of carbonyl (C=O) groups excluding carboxylic acids is 1. The molecule has 5 saturated carbocycles. The number of rotatable bonds is 4. The third-order valence-electron chi connectivity index (χ3n) is 6.73. The molecule has 25 heavy (non-hydrogen) atoms. The van der Waals surface area contributed by atoms with E-state index in [1.165, 1.54) is 0 Å². The summed E-state index contributed by atoms with van der Waals surface area (Å²) in [6.07, 6.45) is 8.65. The fourth-order valence-electron chi connectivity index (χ4n) is 5.77. The Bertz CT molecular complexity index is 702. The molecular formula is C19H25N3O3. The summed E-state index contributed by atoms with van der Waals surface area (Å²) in [7, 11) is 1.55. The van der Waals surface area contributed by atoms with E-state index < -0.39 is 5.60 Å². The van der Waals surface area contributed by atoms with Gasteiger partial charge in [-0.1, -0.05) is 0 Å². The van der Waals surface area contributed by atoms with Crippen molar-refractivity contribution in [1.29, 1.82) is 0 Å². The first-order chi connectivity index (χ1) is 12.0. The summed E-state index contributed by atoms with van der Waals surface area (Å²) in [4.78, 5) is 21.6. The van der Waals surface area contributed by atoms with Crippen molar-refractivity contribution in [2.24, 2.45) is 17.8 Å². The predicted octanol–water partition coefficient (Wildman–Crippen LogP) is 2.03. The molecule has 0 saturated heterocycles. The first-order valence-corrected chi connectivity index (χ1v) is 9.49. The normalized spacial score (nSPS) is 38.6. The molecule has 1 heterocycles. The number of amides is 1. The molecule has 6 heteroatoms. The van der Waals surface area contributed by atoms with Gasteiger partial charge < -0.3 is 15.2 Å². The Morgan fingerprint density at radius 2 is 2.00 bits per heavy atom. The highest BCUT2D eigenvalue weighted by molar-refractivity contribution is 5.95. The molecule has 1 aromatic heterocycles. The van der Waals surface area contributed by atoms with Crippen molar-refractivity contribution in [3.63, 3.8) is 0 Å². The SMILES string of the molecule is COc1ncc(C(=O)N[C@H]2C3CC4CC2C[C@@](O)(C4)C3)c(C2CC2)n1. The largest absolute Gasteiger partial charge is 0.467 e. The lowest BCUT2D eigenvalue weighted by Crippen LogP contribution is -2.61. The lowest BCUT2D eigenvalue weighted by Gasteiger charge is -2.58. The molecule has 0 aliphatic heterocycles. The van der Waals surface area contributed by atoms with Crippen molar-refractivity contribution < 1.29 is 14.6 Å². The molecule has 2 unspecified atom stereocenters. The highest BCUT2D eigenvalue weighted by Gasteiger charge is 2.55. The Morgan fingerprint density at radius 3 is 2.60 bits per heavy atom. The highest BCUT2D eigenvalue weighted by atomic mass is 16.5. The molecule has 1 aromatic rings. The number of aromatic nitrogens is 2. The zero-order chi connectivity index (χ0) is 17.2. The van der Waals surface area contributed by atoms with Gasteiger partial charge in [0, 0.05) is 18.2 Å². The summed E-state index contributed by atoms with van der Waals surface area (Å²) >= 11 is 0. The lowest BCUT2D eigenvalue weighted by molar-refractivity contribution is -0.136. The maximum absolute atomic E-state index is 13.0. The second kappa shape index (κ2) is 5.40. The molecule has 5 aliphatic carbocycles. The van der Waals surface area contributed by atoms with Gasteiger partial charge in [-0.05, 0) is 62.7 Å². The number of methoxy groups -OCH3 is 1. The molecule has 6 rings (SSSR count). The fourth-order valence-corrected chi connectivity index (χ4v) is 5.77. The first kappa shape index (κ1) is 15.6. The molecule has 5 fully saturated rings. The second-order valence-corrected chi connectivity index (χ2v) is 8.62. The monoisotopic (exact) mass is 343 g/mol. The van der Waals surface area contributed by atoms with E-state index in [1.807, 2.05) is 0 Å². The summed E-state index contributed by atoms with van der Waals surface area (Å²) in [6.45, 7) is 0. The fraction of sp³-hybridized carbons (Fsp3) is 0.737. The van der Waals surface area contributed by atoms with Crippen LogP contribution in [-0.2, 0) is 0 Å². The van der Waals surface area contributed by atoms with E-state index in [2.05, 4.69) is 15.3 Å². The maximum Gasteiger partial charge on any atom is 0.316 e. The van der Waals surface area contributed by atoms with Crippen LogP contribution in [0.1, 0.15) is 66.9 Å². The molecule has 134 valence electrons. The molecule has 6 nitrogen and oxygen atoms in total. The third kappa shape index (κ3) is 2.62. The van der Waals surface area contributed by atoms with Gasteiger partial charge >= 0.3 is 6.01 Å². The number of hydrogen-bond donors (Lipinski definition) is 2. The zero-order valence-electron chi connectivity index (χ0n) is 14.6. The molecular weight excluding hydrogens is 318 g/mol. The van der Waals surface area contributed by atoms with Crippen molar-refractivity contribution in [1.82, 2.24) is 15.3 Å². The van der Waals surface area contributed by atoms with E-state index >= 15 is 0 Å². The minimum Gasteiger partial charge on any atom is -0.467 e. The maximum atomic E-state index is 13.0. The minimum absolute atomic E-state index is 0.0611. The van der Waals surface area contributed by atoms with E-state index in [4.69, 9.17) is 4.74 Å². The summed E-state index contributed by atoms with van der Waals surface area (Å²) < 4.78 is 5.12. The Kier molecular flexibility index (Phi) is 3.36. The van der Waals surface area contributed by atoms with Crippen LogP contribution in [0, 0.1) is 17.8 Å². The molecule has 4 bridgehead atoms. The molecule has 1 amide bonds. The first-order valence-electron chi connectivity index (χ1n) is 9.49. The van der Waals surface area contributed by atoms with Gasteiger partial charge in [0.25, 0.3) is 5.91 Å². The summed E-state index contributed by atoms with van der Waals surface area (Å²) in [5, 5.41) is 14.0. The Hall–Kier alpha value is -1.69. The van der Waals surface area contributed by atoms with Gasteiger partial charge in [0.15, 0.2) is 0 Å². The molecule has 0 spiro atoms.